The van der Waals surface area contributed by atoms with E-state index in [1.165, 1.54) is 45.1 Å². The van der Waals surface area contributed by atoms with Crippen LogP contribution in [0.5, 0.6) is 17.2 Å². The van der Waals surface area contributed by atoms with Crippen LogP contribution in [0.2, 0.25) is 0 Å². The number of hydrogen-bond acceptors (Lipinski definition) is 9. The van der Waals surface area contributed by atoms with Crippen LogP contribution in [-0.4, -0.2) is 55.2 Å². The fourth-order valence-corrected chi connectivity index (χ4v) is 4.76. The number of likely N-dealkylation sites (tertiary alicyclic amines) is 1. The lowest BCUT2D eigenvalue weighted by atomic mass is 10.1. The number of nitrogens with zero attached hydrogens (tertiary/aromatic N) is 3. The second-order valence-corrected chi connectivity index (χ2v) is 9.88. The highest BCUT2D eigenvalue weighted by atomic mass is 16.6. The van der Waals surface area contributed by atoms with Crippen molar-refractivity contribution in [3.63, 3.8) is 0 Å². The highest BCUT2D eigenvalue weighted by Gasteiger charge is 2.20. The first-order chi connectivity index (χ1) is 20.9. The molecule has 4 aromatic rings. The summed E-state index contributed by atoms with van der Waals surface area (Å²) >= 11 is 0. The molecule has 0 radical (unpaired) electrons. The van der Waals surface area contributed by atoms with Gasteiger partial charge in [0.05, 0.1) is 31.4 Å². The number of methoxy groups -OCH3 is 2. The molecule has 0 bridgehead atoms. The highest BCUT2D eigenvalue weighted by Crippen LogP contribution is 2.33. The maximum absolute atomic E-state index is 12.7. The van der Waals surface area contributed by atoms with Gasteiger partial charge >= 0.3 is 5.91 Å². The molecule has 3 aromatic carbocycles. The smallest absolute Gasteiger partial charge is 0.307 e. The van der Waals surface area contributed by atoms with E-state index in [1.54, 1.807) is 18.2 Å². The number of piperidine rings is 1. The van der Waals surface area contributed by atoms with Gasteiger partial charge in [0.1, 0.15) is 6.61 Å². The van der Waals surface area contributed by atoms with Crippen LogP contribution in [0.15, 0.2) is 70.2 Å². The van der Waals surface area contributed by atoms with Crippen molar-refractivity contribution in [3.8, 4) is 17.2 Å². The van der Waals surface area contributed by atoms with Crippen LogP contribution in [0.4, 0.5) is 5.69 Å². The average molecular weight is 587 g/mol. The predicted molar refractivity (Wildman–Crippen MR) is 158 cm³/mol. The first kappa shape index (κ1) is 29.1. The summed E-state index contributed by atoms with van der Waals surface area (Å²) in [4.78, 5) is 37.8. The zero-order chi connectivity index (χ0) is 30.3. The van der Waals surface area contributed by atoms with E-state index >= 15 is 0 Å². The number of hydrazone groups is 1. The molecule has 0 saturated carbocycles. The Morgan fingerprint density at radius 2 is 1.72 bits per heavy atom. The Bertz CT molecular complexity index is 1670. The standard InChI is InChI=1S/C31H30N4O8/c1-40-26-14-21(18-32-33-30(36)28-16-23-15-24(35(38)39)17-27(41-2)29(23)43-28)8-11-25(26)42-19-20-6-9-22(10-7-20)31(37)34-12-4-3-5-13-34/h6-11,14-18H,3-5,12-13,19H2,1-2H3,(H,33,36)/b32-18-. The number of hydrogen-bond donors (Lipinski definition) is 1. The Morgan fingerprint density at radius 1 is 0.977 bits per heavy atom. The molecule has 0 aliphatic carbocycles. The molecule has 2 amide bonds. The second-order valence-electron chi connectivity index (χ2n) is 9.88. The molecule has 222 valence electrons. The van der Waals surface area contributed by atoms with Gasteiger partial charge in [0, 0.05) is 30.1 Å². The van der Waals surface area contributed by atoms with Crippen molar-refractivity contribution in [3.05, 3.63) is 93.2 Å². The van der Waals surface area contributed by atoms with Crippen LogP contribution in [0, 0.1) is 10.1 Å². The van der Waals surface area contributed by atoms with Crippen molar-refractivity contribution in [1.29, 1.82) is 0 Å². The summed E-state index contributed by atoms with van der Waals surface area (Å²) in [5.74, 6) is 0.456. The first-order valence-corrected chi connectivity index (χ1v) is 13.6. The van der Waals surface area contributed by atoms with Gasteiger partial charge in [-0.15, -0.1) is 0 Å². The first-order valence-electron chi connectivity index (χ1n) is 13.6. The minimum atomic E-state index is -0.646. The van der Waals surface area contributed by atoms with E-state index < -0.39 is 10.8 Å². The van der Waals surface area contributed by atoms with Crippen molar-refractivity contribution < 1.29 is 33.1 Å². The number of rotatable bonds is 10. The molecule has 1 N–H and O–H groups in total. The Balaban J connectivity index is 1.19. The molecule has 1 saturated heterocycles. The third-order valence-corrected chi connectivity index (χ3v) is 7.03. The van der Waals surface area contributed by atoms with Crippen LogP contribution < -0.4 is 19.6 Å². The fraction of sp³-hybridized carbons (Fsp3) is 0.258. The van der Waals surface area contributed by atoms with E-state index in [4.69, 9.17) is 18.6 Å². The molecule has 12 heteroatoms. The number of ether oxygens (including phenoxy) is 3. The Kier molecular flexibility index (Phi) is 8.85. The van der Waals surface area contributed by atoms with Gasteiger partial charge in [0.15, 0.2) is 28.6 Å². The largest absolute Gasteiger partial charge is 0.493 e. The van der Waals surface area contributed by atoms with E-state index in [0.29, 0.717) is 28.0 Å². The van der Waals surface area contributed by atoms with Gasteiger partial charge in [0.2, 0.25) is 0 Å². The molecular weight excluding hydrogens is 556 g/mol. The maximum Gasteiger partial charge on any atom is 0.307 e. The molecule has 0 unspecified atom stereocenters. The molecule has 1 aromatic heterocycles. The van der Waals surface area contributed by atoms with Crippen molar-refractivity contribution in [2.75, 3.05) is 27.3 Å². The molecule has 1 aliphatic heterocycles. The number of benzene rings is 3. The lowest BCUT2D eigenvalue weighted by Crippen LogP contribution is -2.35. The number of carbonyl (C=O) groups is 2. The normalized spacial score (nSPS) is 13.2. The molecule has 1 fully saturated rings. The number of amides is 2. The fourth-order valence-electron chi connectivity index (χ4n) is 4.76. The number of fused-ring (bicyclic) bond motifs is 1. The number of non-ortho nitro benzene ring substituents is 1. The molecular formula is C31H30N4O8. The summed E-state index contributed by atoms with van der Waals surface area (Å²) in [6, 6.07) is 16.5. The molecule has 1 aliphatic rings. The molecule has 12 nitrogen and oxygen atoms in total. The summed E-state index contributed by atoms with van der Waals surface area (Å²) < 4.78 is 22.2. The second kappa shape index (κ2) is 13.1. The lowest BCUT2D eigenvalue weighted by Gasteiger charge is -2.26. The SMILES string of the molecule is COc1cc(/C=N\NC(=O)c2cc3cc([N+](=O)[O-])cc(OC)c3o2)ccc1OCc1ccc(C(=O)N2CCCCC2)cc1. The summed E-state index contributed by atoms with van der Waals surface area (Å²) in [6.45, 7) is 1.90. The Hall–Kier alpha value is -5.39. The number of nitro groups is 1. The Morgan fingerprint density at radius 3 is 2.42 bits per heavy atom. The van der Waals surface area contributed by atoms with Crippen molar-refractivity contribution in [2.24, 2.45) is 5.10 Å². The van der Waals surface area contributed by atoms with Crippen LogP contribution in [0.1, 0.15) is 51.3 Å². The van der Waals surface area contributed by atoms with E-state index in [0.717, 1.165) is 31.5 Å². The predicted octanol–water partition coefficient (Wildman–Crippen LogP) is 5.33. The van der Waals surface area contributed by atoms with Crippen molar-refractivity contribution in [2.45, 2.75) is 25.9 Å². The third-order valence-electron chi connectivity index (χ3n) is 7.03. The Labute approximate surface area is 247 Å². The summed E-state index contributed by atoms with van der Waals surface area (Å²) in [5, 5.41) is 15.5. The van der Waals surface area contributed by atoms with Crippen LogP contribution in [0.25, 0.3) is 11.0 Å². The van der Waals surface area contributed by atoms with Gasteiger partial charge < -0.3 is 23.5 Å². The van der Waals surface area contributed by atoms with Gasteiger partial charge in [0.25, 0.3) is 11.6 Å². The van der Waals surface area contributed by atoms with Crippen molar-refractivity contribution in [1.82, 2.24) is 10.3 Å². The van der Waals surface area contributed by atoms with Gasteiger partial charge in [-0.1, -0.05) is 12.1 Å². The van der Waals surface area contributed by atoms with Gasteiger partial charge in [-0.25, -0.2) is 5.43 Å². The highest BCUT2D eigenvalue weighted by molar-refractivity contribution is 5.98. The minimum Gasteiger partial charge on any atom is -0.493 e. The van der Waals surface area contributed by atoms with Crippen LogP contribution in [-0.2, 0) is 6.61 Å². The summed E-state index contributed by atoms with van der Waals surface area (Å²) in [5.41, 5.74) is 4.61. The monoisotopic (exact) mass is 586 g/mol. The lowest BCUT2D eigenvalue weighted by molar-refractivity contribution is -0.384. The topological polar surface area (TPSA) is 146 Å². The quantitative estimate of drug-likeness (QED) is 0.149. The third kappa shape index (κ3) is 6.75. The molecule has 2 heterocycles. The van der Waals surface area contributed by atoms with Gasteiger partial charge in [-0.05, 0) is 66.8 Å². The summed E-state index contributed by atoms with van der Waals surface area (Å²) in [6.07, 6.45) is 4.70. The van der Waals surface area contributed by atoms with Crippen LogP contribution in [0.3, 0.4) is 0 Å². The van der Waals surface area contributed by atoms with E-state index in [2.05, 4.69) is 10.5 Å². The van der Waals surface area contributed by atoms with E-state index in [9.17, 15) is 19.7 Å². The van der Waals surface area contributed by atoms with E-state index in [1.807, 2.05) is 29.2 Å². The molecule has 0 atom stereocenters. The maximum atomic E-state index is 12.7. The van der Waals surface area contributed by atoms with Gasteiger partial charge in [-0.3, -0.25) is 19.7 Å². The number of furan rings is 1. The zero-order valence-corrected chi connectivity index (χ0v) is 23.7. The number of nitro benzene ring substituents is 1. The summed E-state index contributed by atoms with van der Waals surface area (Å²) in [7, 11) is 2.87. The molecule has 0 spiro atoms. The molecule has 43 heavy (non-hydrogen) atoms. The van der Waals surface area contributed by atoms with Crippen LogP contribution >= 0.6 is 0 Å². The van der Waals surface area contributed by atoms with E-state index in [-0.39, 0.29) is 35.3 Å². The minimum absolute atomic E-state index is 0.0615. The number of nitrogens with one attached hydrogen (secondary N) is 1. The van der Waals surface area contributed by atoms with Crippen molar-refractivity contribution >= 4 is 34.7 Å². The average Bonchev–Trinajstić information content (AvgIpc) is 3.48. The van der Waals surface area contributed by atoms with Gasteiger partial charge in [-0.2, -0.15) is 5.10 Å². The molecule has 5 rings (SSSR count). The zero-order valence-electron chi connectivity index (χ0n) is 23.7. The number of carbonyl (C=O) groups excluding carboxylic acids is 2.